The van der Waals surface area contributed by atoms with Crippen LogP contribution >= 0.6 is 11.3 Å². The van der Waals surface area contributed by atoms with Crippen LogP contribution in [0.3, 0.4) is 0 Å². The minimum absolute atomic E-state index is 0.867. The highest BCUT2D eigenvalue weighted by atomic mass is 32.1. The highest BCUT2D eigenvalue weighted by Gasteiger charge is 2.21. The molecule has 0 radical (unpaired) electrons. The van der Waals surface area contributed by atoms with E-state index in [1.54, 1.807) is 0 Å². The van der Waals surface area contributed by atoms with Crippen LogP contribution in [0.4, 0.5) is 0 Å². The summed E-state index contributed by atoms with van der Waals surface area (Å²) in [5, 5.41) is 8.30. The van der Waals surface area contributed by atoms with E-state index in [9.17, 15) is 0 Å². The molecule has 0 aliphatic rings. The van der Waals surface area contributed by atoms with Crippen molar-refractivity contribution in [1.82, 2.24) is 4.98 Å². The fourth-order valence-electron chi connectivity index (χ4n) is 8.04. The Morgan fingerprint density at radius 2 is 1.00 bits per heavy atom. The van der Waals surface area contributed by atoms with Gasteiger partial charge >= 0.3 is 0 Å². The molecule has 0 amide bonds. The molecule has 11 aromatic rings. The first kappa shape index (κ1) is 29.2. The Hall–Kier alpha value is -6.55. The van der Waals surface area contributed by atoms with E-state index < -0.39 is 0 Å². The second kappa shape index (κ2) is 11.5. The van der Waals surface area contributed by atoms with E-state index in [0.717, 1.165) is 60.6 Å². The van der Waals surface area contributed by atoms with Crippen LogP contribution in [-0.2, 0) is 0 Å². The molecule has 52 heavy (non-hydrogen) atoms. The fourth-order valence-corrected chi connectivity index (χ4v) is 9.12. The Labute approximate surface area is 303 Å². The number of fused-ring (bicyclic) bond motifs is 9. The first-order valence-corrected chi connectivity index (χ1v) is 18.4. The zero-order valence-corrected chi connectivity index (χ0v) is 28.8. The third-order valence-electron chi connectivity index (χ3n) is 10.5. The van der Waals surface area contributed by atoms with Crippen LogP contribution in [0.15, 0.2) is 180 Å². The Balaban J connectivity index is 1.08. The summed E-state index contributed by atoms with van der Waals surface area (Å²) in [4.78, 5) is 5.36. The van der Waals surface area contributed by atoms with Gasteiger partial charge in [-0.25, -0.2) is 4.98 Å². The number of benzene rings is 8. The monoisotopic (exact) mass is 679 g/mol. The maximum atomic E-state index is 6.58. The molecule has 0 aliphatic heterocycles. The number of aromatic nitrogens is 1. The molecule has 0 spiro atoms. The molecule has 0 fully saturated rings. The van der Waals surface area contributed by atoms with Crippen LogP contribution in [-0.4, -0.2) is 4.98 Å². The average Bonchev–Trinajstić information content (AvgIpc) is 3.78. The molecule has 0 saturated heterocycles. The molecular weight excluding hydrogens is 651 g/mol. The molecule has 0 aliphatic carbocycles. The van der Waals surface area contributed by atoms with Gasteiger partial charge in [-0.2, -0.15) is 0 Å². The van der Waals surface area contributed by atoms with Gasteiger partial charge in [-0.3, -0.25) is 0 Å². The molecule has 242 valence electrons. The topological polar surface area (TPSA) is 26.0 Å². The molecular formula is C49H29NOS. The summed E-state index contributed by atoms with van der Waals surface area (Å²) in [5.74, 6) is 0. The van der Waals surface area contributed by atoms with Crippen LogP contribution in [0, 0.1) is 0 Å². The van der Waals surface area contributed by atoms with Crippen LogP contribution in [0.5, 0.6) is 0 Å². The number of hydrogen-bond acceptors (Lipinski definition) is 3. The molecule has 3 aromatic heterocycles. The van der Waals surface area contributed by atoms with Gasteiger partial charge in [0.1, 0.15) is 11.2 Å². The lowest BCUT2D eigenvalue weighted by Gasteiger charge is -2.16. The second-order valence-electron chi connectivity index (χ2n) is 13.5. The van der Waals surface area contributed by atoms with E-state index in [4.69, 9.17) is 9.40 Å². The SMILES string of the molecule is c1ccc(-c2c3c(cc4c(-c5cccc(-c6ccc(-c7ccc8sc9ccccc9c8c7)cc6)c5)nc5ccccc5c24)oc2ccccc23)cc1. The Kier molecular flexibility index (Phi) is 6.46. The number of para-hydroxylation sites is 2. The van der Waals surface area contributed by atoms with E-state index >= 15 is 0 Å². The van der Waals surface area contributed by atoms with Crippen molar-refractivity contribution < 1.29 is 4.42 Å². The Bertz CT molecular complexity index is 3170. The first-order chi connectivity index (χ1) is 25.8. The fraction of sp³-hybridized carbons (Fsp3) is 0. The van der Waals surface area contributed by atoms with Crippen LogP contribution in [0.25, 0.3) is 108 Å². The van der Waals surface area contributed by atoms with Gasteiger partial charge in [0.05, 0.1) is 11.2 Å². The van der Waals surface area contributed by atoms with Crippen molar-refractivity contribution in [3.63, 3.8) is 0 Å². The molecule has 0 N–H and O–H groups in total. The number of rotatable bonds is 4. The van der Waals surface area contributed by atoms with Crippen molar-refractivity contribution in [3.8, 4) is 44.6 Å². The van der Waals surface area contributed by atoms with Crippen molar-refractivity contribution >= 4 is 75.1 Å². The Morgan fingerprint density at radius 3 is 1.85 bits per heavy atom. The number of furan rings is 1. The smallest absolute Gasteiger partial charge is 0.136 e. The van der Waals surface area contributed by atoms with Crippen molar-refractivity contribution in [2.24, 2.45) is 0 Å². The van der Waals surface area contributed by atoms with E-state index in [2.05, 4.69) is 170 Å². The quantitative estimate of drug-likeness (QED) is 0.173. The third-order valence-corrected chi connectivity index (χ3v) is 11.6. The lowest BCUT2D eigenvalue weighted by Crippen LogP contribution is -1.93. The number of nitrogens with zero attached hydrogens (tertiary/aromatic N) is 1. The predicted octanol–water partition coefficient (Wildman–Crippen LogP) is 14.3. The van der Waals surface area contributed by atoms with Crippen molar-refractivity contribution in [1.29, 1.82) is 0 Å². The van der Waals surface area contributed by atoms with Gasteiger partial charge in [0.15, 0.2) is 0 Å². The summed E-state index contributed by atoms with van der Waals surface area (Å²) in [7, 11) is 0. The molecule has 2 nitrogen and oxygen atoms in total. The highest BCUT2D eigenvalue weighted by molar-refractivity contribution is 7.25. The number of pyridine rings is 1. The molecule has 0 unspecified atom stereocenters. The average molecular weight is 680 g/mol. The molecule has 11 rings (SSSR count). The zero-order valence-electron chi connectivity index (χ0n) is 28.0. The van der Waals surface area contributed by atoms with E-state index in [1.165, 1.54) is 47.8 Å². The predicted molar refractivity (Wildman–Crippen MR) is 221 cm³/mol. The summed E-state index contributed by atoms with van der Waals surface area (Å²) in [5.41, 5.74) is 11.8. The summed E-state index contributed by atoms with van der Waals surface area (Å²) in [6, 6.07) is 63.1. The minimum atomic E-state index is 0.867. The summed E-state index contributed by atoms with van der Waals surface area (Å²) in [6.07, 6.45) is 0. The third kappa shape index (κ3) is 4.53. The maximum absolute atomic E-state index is 6.58. The van der Waals surface area contributed by atoms with Gasteiger partial charge in [-0.05, 0) is 70.3 Å². The molecule has 0 bridgehead atoms. The van der Waals surface area contributed by atoms with Gasteiger partial charge in [0.25, 0.3) is 0 Å². The number of thiophene rings is 1. The molecule has 0 saturated carbocycles. The van der Waals surface area contributed by atoms with Crippen LogP contribution < -0.4 is 0 Å². The van der Waals surface area contributed by atoms with Crippen LogP contribution in [0.1, 0.15) is 0 Å². The van der Waals surface area contributed by atoms with Crippen molar-refractivity contribution in [2.45, 2.75) is 0 Å². The second-order valence-corrected chi connectivity index (χ2v) is 14.5. The van der Waals surface area contributed by atoms with E-state index in [0.29, 0.717) is 0 Å². The Morgan fingerprint density at radius 1 is 0.365 bits per heavy atom. The van der Waals surface area contributed by atoms with Gasteiger partial charge in [-0.1, -0.05) is 133 Å². The minimum Gasteiger partial charge on any atom is -0.456 e. The first-order valence-electron chi connectivity index (χ1n) is 17.6. The molecule has 8 aromatic carbocycles. The van der Waals surface area contributed by atoms with Crippen LogP contribution in [0.2, 0.25) is 0 Å². The molecule has 3 heteroatoms. The summed E-state index contributed by atoms with van der Waals surface area (Å²) in [6.45, 7) is 0. The van der Waals surface area contributed by atoms with Gasteiger partial charge < -0.3 is 4.42 Å². The lowest BCUT2D eigenvalue weighted by atomic mass is 9.89. The van der Waals surface area contributed by atoms with Crippen molar-refractivity contribution in [2.75, 3.05) is 0 Å². The van der Waals surface area contributed by atoms with E-state index in [1.807, 2.05) is 17.4 Å². The summed E-state index contributed by atoms with van der Waals surface area (Å²) < 4.78 is 9.23. The highest BCUT2D eigenvalue weighted by Crippen LogP contribution is 2.46. The standard InChI is InChI=1S/C49H29NOS/c1-2-11-32(12-3-1)46-47-37-16-4-7-18-41(37)50-49(40(47)29-43-48(46)38-17-5-8-19-42(38)51-43)35-14-10-13-33(27-35)30-21-23-31(24-22-30)34-25-26-45-39(28-34)36-15-6-9-20-44(36)52-45/h1-29H. The normalized spacial score (nSPS) is 11.8. The van der Waals surface area contributed by atoms with Gasteiger partial charge in [0.2, 0.25) is 0 Å². The number of hydrogen-bond donors (Lipinski definition) is 0. The van der Waals surface area contributed by atoms with E-state index in [-0.39, 0.29) is 0 Å². The van der Waals surface area contributed by atoms with Gasteiger partial charge in [-0.15, -0.1) is 11.3 Å². The largest absolute Gasteiger partial charge is 0.456 e. The summed E-state index contributed by atoms with van der Waals surface area (Å²) >= 11 is 1.86. The lowest BCUT2D eigenvalue weighted by molar-refractivity contribution is 0.669. The van der Waals surface area contributed by atoms with Crippen molar-refractivity contribution in [3.05, 3.63) is 176 Å². The maximum Gasteiger partial charge on any atom is 0.136 e. The van der Waals surface area contributed by atoms with Gasteiger partial charge in [0, 0.05) is 58.2 Å². The molecule has 3 heterocycles. The molecule has 0 atom stereocenters. The zero-order chi connectivity index (χ0) is 34.2.